The fourth-order valence-electron chi connectivity index (χ4n) is 2.23. The summed E-state index contributed by atoms with van der Waals surface area (Å²) in [4.78, 5) is 17.1. The topological polar surface area (TPSA) is 59.9 Å². The molecule has 5 nitrogen and oxygen atoms in total. The Kier molecular flexibility index (Phi) is 5.76. The summed E-state index contributed by atoms with van der Waals surface area (Å²) < 4.78 is 10.5. The monoisotopic (exact) mass is 408 g/mol. The lowest BCUT2D eigenvalue weighted by Crippen LogP contribution is -2.19. The number of nitrogens with zero attached hydrogens (tertiary/aromatic N) is 1. The van der Waals surface area contributed by atoms with Crippen molar-refractivity contribution < 1.29 is 14.3 Å². The second kappa shape index (κ2) is 8.03. The van der Waals surface area contributed by atoms with Gasteiger partial charge in [-0.2, -0.15) is 0 Å². The van der Waals surface area contributed by atoms with Gasteiger partial charge in [0, 0.05) is 11.6 Å². The van der Waals surface area contributed by atoms with Crippen molar-refractivity contribution >= 4 is 57.8 Å². The summed E-state index contributed by atoms with van der Waals surface area (Å²) >= 11 is 13.1. The summed E-state index contributed by atoms with van der Waals surface area (Å²) in [5, 5.41) is 4.05. The Labute approximate surface area is 165 Å². The van der Waals surface area contributed by atoms with Gasteiger partial charge < -0.3 is 14.8 Å². The van der Waals surface area contributed by atoms with E-state index in [-0.39, 0.29) is 5.91 Å². The van der Waals surface area contributed by atoms with Gasteiger partial charge >= 0.3 is 0 Å². The minimum absolute atomic E-state index is 0.230. The highest BCUT2D eigenvalue weighted by Crippen LogP contribution is 2.33. The van der Waals surface area contributed by atoms with Crippen LogP contribution >= 0.6 is 35.0 Å². The van der Waals surface area contributed by atoms with E-state index >= 15 is 0 Å². The molecule has 0 unspecified atom stereocenters. The largest absolute Gasteiger partial charge is 0.497 e. The van der Waals surface area contributed by atoms with Crippen LogP contribution in [0.15, 0.2) is 46.3 Å². The summed E-state index contributed by atoms with van der Waals surface area (Å²) in [5.74, 6) is 1.06. The highest BCUT2D eigenvalue weighted by Gasteiger charge is 2.24. The molecular weight excluding hydrogens is 395 g/mol. The SMILES string of the molecule is COc1ccc(C=C2SC(=Nc3ccc(Cl)c(Cl)c3)NC2=O)c(OC)c1. The Morgan fingerprint density at radius 1 is 1.08 bits per heavy atom. The first-order valence-corrected chi connectivity index (χ1v) is 9.04. The molecule has 1 amide bonds. The predicted molar refractivity (Wildman–Crippen MR) is 107 cm³/mol. The third-order valence-corrected chi connectivity index (χ3v) is 5.16. The van der Waals surface area contributed by atoms with Crippen LogP contribution in [0.4, 0.5) is 5.69 Å². The maximum atomic E-state index is 12.2. The van der Waals surface area contributed by atoms with E-state index < -0.39 is 0 Å². The normalized spacial score (nSPS) is 16.8. The van der Waals surface area contributed by atoms with Crippen LogP contribution in [0.25, 0.3) is 6.08 Å². The lowest BCUT2D eigenvalue weighted by molar-refractivity contribution is -0.115. The molecule has 0 radical (unpaired) electrons. The summed E-state index contributed by atoms with van der Waals surface area (Å²) in [6.45, 7) is 0. The zero-order valence-corrected chi connectivity index (χ0v) is 16.2. The molecule has 0 bridgehead atoms. The van der Waals surface area contributed by atoms with Crippen molar-refractivity contribution in [2.24, 2.45) is 4.99 Å². The fourth-order valence-corrected chi connectivity index (χ4v) is 3.36. The Morgan fingerprint density at radius 2 is 1.88 bits per heavy atom. The lowest BCUT2D eigenvalue weighted by Gasteiger charge is -2.07. The van der Waals surface area contributed by atoms with Gasteiger partial charge in [-0.25, -0.2) is 4.99 Å². The Morgan fingerprint density at radius 3 is 2.58 bits per heavy atom. The van der Waals surface area contributed by atoms with Crippen LogP contribution < -0.4 is 14.8 Å². The number of amides is 1. The first-order valence-electron chi connectivity index (χ1n) is 7.47. The molecule has 1 aliphatic heterocycles. The van der Waals surface area contributed by atoms with Gasteiger partial charge in [-0.15, -0.1) is 0 Å². The quantitative estimate of drug-likeness (QED) is 0.730. The average Bonchev–Trinajstić information content (AvgIpc) is 2.97. The maximum Gasteiger partial charge on any atom is 0.264 e. The summed E-state index contributed by atoms with van der Waals surface area (Å²) in [6, 6.07) is 10.4. The molecule has 0 saturated carbocycles. The zero-order valence-electron chi connectivity index (χ0n) is 13.9. The molecule has 0 spiro atoms. The lowest BCUT2D eigenvalue weighted by atomic mass is 10.1. The van der Waals surface area contributed by atoms with E-state index in [0.29, 0.717) is 37.3 Å². The zero-order chi connectivity index (χ0) is 18.7. The van der Waals surface area contributed by atoms with Crippen LogP contribution in [0.1, 0.15) is 5.56 Å². The number of carbonyl (C=O) groups is 1. The van der Waals surface area contributed by atoms with E-state index in [2.05, 4.69) is 10.3 Å². The van der Waals surface area contributed by atoms with Gasteiger partial charge in [0.05, 0.1) is 34.9 Å². The maximum absolute atomic E-state index is 12.2. The van der Waals surface area contributed by atoms with Gasteiger partial charge in [0.15, 0.2) is 5.17 Å². The highest BCUT2D eigenvalue weighted by atomic mass is 35.5. The number of amidine groups is 1. The summed E-state index contributed by atoms with van der Waals surface area (Å²) in [5.41, 5.74) is 1.37. The van der Waals surface area contributed by atoms with E-state index in [9.17, 15) is 4.79 Å². The van der Waals surface area contributed by atoms with Crippen LogP contribution in [0.3, 0.4) is 0 Å². The van der Waals surface area contributed by atoms with Crippen molar-refractivity contribution in [3.63, 3.8) is 0 Å². The van der Waals surface area contributed by atoms with Crippen molar-refractivity contribution in [2.45, 2.75) is 0 Å². The number of methoxy groups -OCH3 is 2. The average molecular weight is 409 g/mol. The number of benzene rings is 2. The minimum atomic E-state index is -0.230. The predicted octanol–water partition coefficient (Wildman–Crippen LogP) is 4.90. The van der Waals surface area contributed by atoms with Crippen LogP contribution in [-0.2, 0) is 4.79 Å². The number of hydrogen-bond donors (Lipinski definition) is 1. The van der Waals surface area contributed by atoms with Gasteiger partial charge in [-0.3, -0.25) is 4.79 Å². The van der Waals surface area contributed by atoms with Gasteiger partial charge in [-0.05, 0) is 48.2 Å². The van der Waals surface area contributed by atoms with E-state index in [4.69, 9.17) is 32.7 Å². The molecule has 1 N–H and O–H groups in total. The van der Waals surface area contributed by atoms with Crippen LogP contribution in [-0.4, -0.2) is 25.3 Å². The standard InChI is InChI=1S/C18H14Cl2N2O3S/c1-24-12-5-3-10(15(9-12)25-2)7-16-17(23)22-18(26-16)21-11-4-6-13(19)14(20)8-11/h3-9H,1-2H3,(H,21,22,23). The number of ether oxygens (including phenoxy) is 2. The number of nitrogens with one attached hydrogen (secondary N) is 1. The van der Waals surface area contributed by atoms with E-state index in [0.717, 1.165) is 5.56 Å². The van der Waals surface area contributed by atoms with Crippen molar-refractivity contribution in [2.75, 3.05) is 14.2 Å². The van der Waals surface area contributed by atoms with E-state index in [1.807, 2.05) is 6.07 Å². The summed E-state index contributed by atoms with van der Waals surface area (Å²) in [7, 11) is 3.15. The smallest absolute Gasteiger partial charge is 0.264 e. The number of rotatable bonds is 4. The molecule has 2 aromatic rings. The first kappa shape index (κ1) is 18.6. The first-order chi connectivity index (χ1) is 12.5. The molecule has 0 aliphatic carbocycles. The molecule has 1 saturated heterocycles. The number of halogens is 2. The molecule has 26 heavy (non-hydrogen) atoms. The minimum Gasteiger partial charge on any atom is -0.497 e. The van der Waals surface area contributed by atoms with Crippen molar-refractivity contribution in [1.82, 2.24) is 5.32 Å². The number of carbonyl (C=O) groups excluding carboxylic acids is 1. The molecule has 8 heteroatoms. The second-order valence-corrected chi connectivity index (χ2v) is 7.03. The van der Waals surface area contributed by atoms with Gasteiger partial charge in [0.25, 0.3) is 5.91 Å². The number of hydrogen-bond acceptors (Lipinski definition) is 5. The van der Waals surface area contributed by atoms with Gasteiger partial charge in [0.2, 0.25) is 0 Å². The summed E-state index contributed by atoms with van der Waals surface area (Å²) in [6.07, 6.45) is 1.75. The number of thioether (sulfide) groups is 1. The second-order valence-electron chi connectivity index (χ2n) is 5.19. The van der Waals surface area contributed by atoms with Crippen LogP contribution in [0.2, 0.25) is 10.0 Å². The Bertz CT molecular complexity index is 929. The Balaban J connectivity index is 1.86. The highest BCUT2D eigenvalue weighted by molar-refractivity contribution is 8.18. The molecular formula is C18H14Cl2N2O3S. The fraction of sp³-hybridized carbons (Fsp3) is 0.111. The molecule has 0 aromatic heterocycles. The van der Waals surface area contributed by atoms with Crippen molar-refractivity contribution in [3.8, 4) is 11.5 Å². The third-order valence-electron chi connectivity index (χ3n) is 3.51. The number of aliphatic imine (C=N–C) groups is 1. The molecule has 2 aromatic carbocycles. The molecule has 0 atom stereocenters. The molecule has 1 fully saturated rings. The molecule has 3 rings (SSSR count). The van der Waals surface area contributed by atoms with Gasteiger partial charge in [-0.1, -0.05) is 23.2 Å². The van der Waals surface area contributed by atoms with E-state index in [1.54, 1.807) is 50.6 Å². The van der Waals surface area contributed by atoms with Crippen LogP contribution in [0, 0.1) is 0 Å². The van der Waals surface area contributed by atoms with Crippen molar-refractivity contribution in [1.29, 1.82) is 0 Å². The third kappa shape index (κ3) is 4.15. The van der Waals surface area contributed by atoms with Gasteiger partial charge in [0.1, 0.15) is 11.5 Å². The molecule has 1 aliphatic rings. The van der Waals surface area contributed by atoms with E-state index in [1.165, 1.54) is 11.8 Å². The van der Waals surface area contributed by atoms with Crippen molar-refractivity contribution in [3.05, 3.63) is 56.9 Å². The Hall–Kier alpha value is -2.15. The molecule has 134 valence electrons. The van der Waals surface area contributed by atoms with Crippen LogP contribution in [0.5, 0.6) is 11.5 Å². The molecule has 1 heterocycles.